The van der Waals surface area contributed by atoms with Crippen LogP contribution in [0.3, 0.4) is 0 Å². The van der Waals surface area contributed by atoms with Crippen molar-refractivity contribution in [3.63, 3.8) is 0 Å². The summed E-state index contributed by atoms with van der Waals surface area (Å²) in [6, 6.07) is 51.0. The second-order valence-corrected chi connectivity index (χ2v) is 25.5. The van der Waals surface area contributed by atoms with Crippen LogP contribution in [-0.4, -0.2) is 12.3 Å². The molecule has 1 saturated carbocycles. The molecule has 3 unspecified atom stereocenters. The Balaban J connectivity index is 1.13. The largest absolute Gasteiger partial charge is 0.334 e. The molecule has 0 saturated heterocycles. The summed E-state index contributed by atoms with van der Waals surface area (Å²) in [6.45, 7) is 31.3. The summed E-state index contributed by atoms with van der Waals surface area (Å²) in [5, 5.41) is 0. The van der Waals surface area contributed by atoms with Gasteiger partial charge >= 0.3 is 0 Å². The number of rotatable bonds is 2. The lowest BCUT2D eigenvalue weighted by molar-refractivity contribution is 0.195. The number of hydrogen-bond acceptors (Lipinski definition) is 3. The Bertz CT molecular complexity index is 3390. The van der Waals surface area contributed by atoms with Gasteiger partial charge in [0.1, 0.15) is 0 Å². The molecular formula is C65H68BN3. The van der Waals surface area contributed by atoms with E-state index in [0.29, 0.717) is 0 Å². The molecule has 6 aliphatic rings. The molecule has 0 aromatic heterocycles. The normalized spacial score (nSPS) is 22.4. The van der Waals surface area contributed by atoms with Crippen molar-refractivity contribution in [3.8, 4) is 11.1 Å². The molecule has 4 heterocycles. The maximum atomic E-state index is 2.81. The minimum absolute atomic E-state index is 0.000639. The highest BCUT2D eigenvalue weighted by atomic mass is 15.3. The zero-order valence-corrected chi connectivity index (χ0v) is 43.4. The lowest BCUT2D eigenvalue weighted by Crippen LogP contribution is -2.62. The third-order valence-electron chi connectivity index (χ3n) is 18.5. The molecule has 1 fully saturated rings. The number of nitrogens with zero attached hydrogens (tertiary/aromatic N) is 3. The zero-order valence-electron chi connectivity index (χ0n) is 43.4. The summed E-state index contributed by atoms with van der Waals surface area (Å²) >= 11 is 0. The Morgan fingerprint density at radius 3 is 1.87 bits per heavy atom. The molecule has 4 aliphatic heterocycles. The maximum absolute atomic E-state index is 2.81. The number of benzene rings is 7. The average molecular weight is 902 g/mol. The average Bonchev–Trinajstić information content (AvgIpc) is 3.69. The number of hydrogen-bond donors (Lipinski definition) is 0. The van der Waals surface area contributed by atoms with E-state index in [9.17, 15) is 0 Å². The topological polar surface area (TPSA) is 9.72 Å². The van der Waals surface area contributed by atoms with Gasteiger partial charge in [-0.25, -0.2) is 0 Å². The van der Waals surface area contributed by atoms with E-state index in [-0.39, 0.29) is 39.3 Å². The van der Waals surface area contributed by atoms with Crippen molar-refractivity contribution >= 4 is 68.6 Å². The van der Waals surface area contributed by atoms with Crippen LogP contribution in [0.15, 0.2) is 127 Å². The fraction of sp³-hybridized carbons (Fsp3) is 0.354. The molecule has 346 valence electrons. The second kappa shape index (κ2) is 13.7. The second-order valence-electron chi connectivity index (χ2n) is 25.5. The van der Waals surface area contributed by atoms with E-state index >= 15 is 0 Å². The van der Waals surface area contributed by atoms with Crippen LogP contribution in [0, 0.1) is 6.92 Å². The molecule has 0 bridgehead atoms. The van der Waals surface area contributed by atoms with E-state index in [4.69, 9.17) is 0 Å². The monoisotopic (exact) mass is 902 g/mol. The first-order valence-electron chi connectivity index (χ1n) is 26.0. The molecule has 13 rings (SSSR count). The Morgan fingerprint density at radius 1 is 0.478 bits per heavy atom. The van der Waals surface area contributed by atoms with E-state index in [2.05, 4.69) is 232 Å². The Hall–Kier alpha value is -6.00. The van der Waals surface area contributed by atoms with Crippen LogP contribution in [0.4, 0.5) is 45.5 Å². The molecule has 69 heavy (non-hydrogen) atoms. The third-order valence-corrected chi connectivity index (χ3v) is 18.5. The fourth-order valence-corrected chi connectivity index (χ4v) is 14.7. The van der Waals surface area contributed by atoms with E-state index in [1.165, 1.54) is 143 Å². The van der Waals surface area contributed by atoms with Gasteiger partial charge in [0, 0.05) is 50.6 Å². The molecule has 0 N–H and O–H groups in total. The van der Waals surface area contributed by atoms with Crippen molar-refractivity contribution in [2.45, 2.75) is 148 Å². The summed E-state index contributed by atoms with van der Waals surface area (Å²) in [5.74, 6) is 0. The molecule has 0 radical (unpaired) electrons. The van der Waals surface area contributed by atoms with Gasteiger partial charge in [0.25, 0.3) is 6.71 Å². The standard InChI is InChI=1S/C65H68BN3/c1-39-34-55-58-59-56(39)65(13)47-24-15-14-22-45(47)46-23-19-25-52(57(46)65)68(59)54-38-44(69-51-31-27-41(61(5,6)7)36-48(51)63(11)32-16-17-33-64(63,69)12)28-30-50(54)66(58)49-29-26-42(62(8,9)10)37-53(49)67(55)43-21-18-20-40(35-43)60(2,3)4/h14-15,18-31,34-38H,16-17,32-33H2,1-13H3. The van der Waals surface area contributed by atoms with Crippen LogP contribution >= 0.6 is 0 Å². The molecule has 4 heteroatoms. The lowest BCUT2D eigenvalue weighted by atomic mass is 9.32. The molecule has 0 spiro atoms. The molecule has 7 aromatic rings. The lowest BCUT2D eigenvalue weighted by Gasteiger charge is -2.52. The van der Waals surface area contributed by atoms with E-state index in [1.807, 2.05) is 0 Å². The van der Waals surface area contributed by atoms with E-state index < -0.39 is 0 Å². The molecule has 7 aromatic carbocycles. The number of fused-ring (bicyclic) bond motifs is 13. The van der Waals surface area contributed by atoms with Crippen LogP contribution in [0.2, 0.25) is 0 Å². The highest BCUT2D eigenvalue weighted by Gasteiger charge is 2.59. The Morgan fingerprint density at radius 2 is 1.12 bits per heavy atom. The van der Waals surface area contributed by atoms with Gasteiger partial charge in [-0.1, -0.05) is 161 Å². The molecule has 3 atom stereocenters. The molecule has 2 aliphatic carbocycles. The van der Waals surface area contributed by atoms with Gasteiger partial charge in [0.2, 0.25) is 0 Å². The first kappa shape index (κ1) is 43.1. The third kappa shape index (κ3) is 5.47. The summed E-state index contributed by atoms with van der Waals surface area (Å²) in [4.78, 5) is 8.20. The molecule has 0 amide bonds. The van der Waals surface area contributed by atoms with Crippen LogP contribution in [0.5, 0.6) is 0 Å². The van der Waals surface area contributed by atoms with Crippen LogP contribution in [0.1, 0.15) is 153 Å². The van der Waals surface area contributed by atoms with Gasteiger partial charge < -0.3 is 14.7 Å². The minimum Gasteiger partial charge on any atom is -0.334 e. The highest BCUT2D eigenvalue weighted by Crippen LogP contribution is 2.65. The predicted octanol–water partition coefficient (Wildman–Crippen LogP) is 15.4. The summed E-state index contributed by atoms with van der Waals surface area (Å²) in [6.07, 6.45) is 4.89. The van der Waals surface area contributed by atoms with Gasteiger partial charge in [0.15, 0.2) is 0 Å². The van der Waals surface area contributed by atoms with E-state index in [0.717, 1.165) is 0 Å². The van der Waals surface area contributed by atoms with Gasteiger partial charge in [0.05, 0.1) is 11.2 Å². The van der Waals surface area contributed by atoms with Gasteiger partial charge in [-0.3, -0.25) is 0 Å². The van der Waals surface area contributed by atoms with Gasteiger partial charge in [-0.15, -0.1) is 0 Å². The zero-order chi connectivity index (χ0) is 48.1. The van der Waals surface area contributed by atoms with E-state index in [1.54, 1.807) is 0 Å². The number of aryl methyl sites for hydroxylation is 1. The smallest absolute Gasteiger partial charge is 0.252 e. The summed E-state index contributed by atoms with van der Waals surface area (Å²) in [7, 11) is 0. The van der Waals surface area contributed by atoms with Crippen molar-refractivity contribution < 1.29 is 0 Å². The molecular weight excluding hydrogens is 834 g/mol. The number of anilines is 8. The van der Waals surface area contributed by atoms with Crippen LogP contribution in [-0.2, 0) is 27.1 Å². The quantitative estimate of drug-likeness (QED) is 0.160. The summed E-state index contributed by atoms with van der Waals surface area (Å²) in [5.41, 5.74) is 28.3. The van der Waals surface area contributed by atoms with Gasteiger partial charge in [-0.2, -0.15) is 0 Å². The van der Waals surface area contributed by atoms with Gasteiger partial charge in [-0.05, 0) is 170 Å². The van der Waals surface area contributed by atoms with Crippen LogP contribution < -0.4 is 31.1 Å². The predicted molar refractivity (Wildman–Crippen MR) is 295 cm³/mol. The Labute approximate surface area is 412 Å². The molecule has 3 nitrogen and oxygen atoms in total. The maximum Gasteiger partial charge on any atom is 0.252 e. The van der Waals surface area contributed by atoms with Crippen molar-refractivity contribution in [3.05, 3.63) is 172 Å². The fourth-order valence-electron chi connectivity index (χ4n) is 14.7. The SMILES string of the molecule is Cc1cc2c3c4c1C1(C)c5ccccc5-c5cccc(c51)N4c1cc(N4c5ccc(C(C)(C)C)cc5C5(C)CCCCC45C)ccc1B3c1ccc(C(C)(C)C)cc1N2c1cccc(C(C)(C)C)c1. The van der Waals surface area contributed by atoms with Crippen molar-refractivity contribution in [1.82, 2.24) is 0 Å². The minimum atomic E-state index is -0.337. The van der Waals surface area contributed by atoms with Crippen molar-refractivity contribution in [2.24, 2.45) is 0 Å². The highest BCUT2D eigenvalue weighted by molar-refractivity contribution is 7.00. The van der Waals surface area contributed by atoms with Crippen molar-refractivity contribution in [1.29, 1.82) is 0 Å². The first-order chi connectivity index (χ1) is 32.7. The Kier molecular flexibility index (Phi) is 8.52. The first-order valence-corrected chi connectivity index (χ1v) is 26.0. The summed E-state index contributed by atoms with van der Waals surface area (Å²) < 4.78 is 0. The van der Waals surface area contributed by atoms with Crippen molar-refractivity contribution in [2.75, 3.05) is 14.7 Å². The van der Waals surface area contributed by atoms with Crippen LogP contribution in [0.25, 0.3) is 11.1 Å².